The molecule has 5 atom stereocenters. The zero-order chi connectivity index (χ0) is 24.1. The maximum Gasteiger partial charge on any atom is 0.305 e. The number of aromatic nitrogens is 1. The molecule has 0 unspecified atom stereocenters. The fourth-order valence-electron chi connectivity index (χ4n) is 6.09. The summed E-state index contributed by atoms with van der Waals surface area (Å²) >= 11 is 9.12. The number of H-pyrrole nitrogens is 1. The summed E-state index contributed by atoms with van der Waals surface area (Å²) in [5.41, 5.74) is 1.79. The Morgan fingerprint density at radius 3 is 2.74 bits per heavy atom. The van der Waals surface area contributed by atoms with E-state index in [4.69, 9.17) is 21.1 Å². The summed E-state index contributed by atoms with van der Waals surface area (Å²) in [4.78, 5) is 28.9. The van der Waals surface area contributed by atoms with Crippen LogP contribution < -0.4 is 19.7 Å². The van der Waals surface area contributed by atoms with Gasteiger partial charge in [0, 0.05) is 26.8 Å². The Kier molecular flexibility index (Phi) is 6.06. The molecule has 2 aromatic carbocycles. The standard InChI is InChI=1S/C26H25ClN2O4S2/c1-32-19-11-14(4-9-18(19)33-12-20(30)28-17-7-5-16(27)6-8-17)22-21-13-2-3-15(10-13)23(21)34-25-24(22)35-26(31)29-25/h4-9,11,13,15,21-23H,2-3,10,12H2,1H3,(H,28,30)(H,29,31)/t13-,15-,21-,22+,23+/m0/s1. The number of rotatable bonds is 6. The molecule has 2 saturated carbocycles. The smallest absolute Gasteiger partial charge is 0.305 e. The zero-order valence-electron chi connectivity index (χ0n) is 19.1. The van der Waals surface area contributed by atoms with Gasteiger partial charge in [0.2, 0.25) is 0 Å². The van der Waals surface area contributed by atoms with Crippen LogP contribution in [0.1, 0.15) is 35.6 Å². The van der Waals surface area contributed by atoms with Crippen molar-refractivity contribution in [3.8, 4) is 11.5 Å². The maximum absolute atomic E-state index is 12.4. The molecule has 3 aromatic rings. The van der Waals surface area contributed by atoms with Gasteiger partial charge in [-0.1, -0.05) is 29.0 Å². The number of carbonyl (C=O) groups is 1. The number of hydrogen-bond donors (Lipinski definition) is 2. The molecule has 182 valence electrons. The predicted octanol–water partition coefficient (Wildman–Crippen LogP) is 5.77. The molecule has 1 aliphatic heterocycles. The molecule has 2 heterocycles. The van der Waals surface area contributed by atoms with Gasteiger partial charge in [0.05, 0.1) is 12.1 Å². The molecule has 0 spiro atoms. The van der Waals surface area contributed by atoms with E-state index in [1.54, 1.807) is 31.4 Å². The summed E-state index contributed by atoms with van der Waals surface area (Å²) in [6.07, 6.45) is 3.86. The van der Waals surface area contributed by atoms with Crippen LogP contribution in [0.4, 0.5) is 5.69 Å². The SMILES string of the molecule is COc1cc([C@H]2c3sc(=O)[nH]c3S[C@@H]3[C@H]4CC[C@@H](C4)[C@@H]23)ccc1OCC(=O)Nc1ccc(Cl)cc1. The Morgan fingerprint density at radius 1 is 1.14 bits per heavy atom. The first-order valence-corrected chi connectivity index (χ1v) is 13.8. The Morgan fingerprint density at radius 2 is 1.94 bits per heavy atom. The van der Waals surface area contributed by atoms with Gasteiger partial charge in [-0.25, -0.2) is 0 Å². The number of thiazole rings is 1. The highest BCUT2D eigenvalue weighted by Gasteiger charge is 2.54. The molecule has 6 rings (SSSR count). The van der Waals surface area contributed by atoms with Crippen LogP contribution in [0.5, 0.6) is 11.5 Å². The second-order valence-electron chi connectivity index (χ2n) is 9.43. The second kappa shape index (κ2) is 9.22. The van der Waals surface area contributed by atoms with Crippen molar-refractivity contribution in [3.63, 3.8) is 0 Å². The predicted molar refractivity (Wildman–Crippen MR) is 139 cm³/mol. The van der Waals surface area contributed by atoms with Crippen LogP contribution in [-0.2, 0) is 4.79 Å². The van der Waals surface area contributed by atoms with E-state index in [0.29, 0.717) is 39.3 Å². The van der Waals surface area contributed by atoms with E-state index in [1.807, 2.05) is 23.9 Å². The van der Waals surface area contributed by atoms with E-state index in [1.165, 1.54) is 30.6 Å². The number of benzene rings is 2. The van der Waals surface area contributed by atoms with Crippen LogP contribution >= 0.6 is 34.7 Å². The van der Waals surface area contributed by atoms with Crippen LogP contribution in [0.15, 0.2) is 52.3 Å². The summed E-state index contributed by atoms with van der Waals surface area (Å²) in [5.74, 6) is 2.97. The van der Waals surface area contributed by atoms with Crippen molar-refractivity contribution in [2.24, 2.45) is 17.8 Å². The molecule has 9 heteroatoms. The summed E-state index contributed by atoms with van der Waals surface area (Å²) in [6, 6.07) is 12.9. The Hall–Kier alpha value is -2.42. The average molecular weight is 529 g/mol. The number of thioether (sulfide) groups is 1. The van der Waals surface area contributed by atoms with Gasteiger partial charge >= 0.3 is 4.87 Å². The second-order valence-corrected chi connectivity index (χ2v) is 12.1. The highest BCUT2D eigenvalue weighted by atomic mass is 35.5. The van der Waals surface area contributed by atoms with Gasteiger partial charge in [-0.3, -0.25) is 9.59 Å². The summed E-state index contributed by atoms with van der Waals surface area (Å²) in [6.45, 7) is -0.142. The topological polar surface area (TPSA) is 80.4 Å². The van der Waals surface area contributed by atoms with E-state index in [0.717, 1.165) is 21.4 Å². The van der Waals surface area contributed by atoms with E-state index < -0.39 is 0 Å². The lowest BCUT2D eigenvalue weighted by Crippen LogP contribution is -2.33. The molecule has 2 fully saturated rings. The van der Waals surface area contributed by atoms with E-state index in [2.05, 4.69) is 16.4 Å². The lowest BCUT2D eigenvalue weighted by molar-refractivity contribution is -0.118. The van der Waals surface area contributed by atoms with Crippen molar-refractivity contribution < 1.29 is 14.3 Å². The van der Waals surface area contributed by atoms with Gasteiger partial charge in [0.25, 0.3) is 5.91 Å². The molecule has 2 N–H and O–H groups in total. The number of carbonyl (C=O) groups excluding carboxylic acids is 1. The first-order chi connectivity index (χ1) is 17.0. The molecule has 1 amide bonds. The lowest BCUT2D eigenvalue weighted by Gasteiger charge is -2.40. The van der Waals surface area contributed by atoms with Crippen molar-refractivity contribution in [2.75, 3.05) is 19.0 Å². The number of anilines is 1. The highest BCUT2D eigenvalue weighted by Crippen LogP contribution is 2.63. The quantitative estimate of drug-likeness (QED) is 0.424. The van der Waals surface area contributed by atoms with Gasteiger partial charge in [0.1, 0.15) is 0 Å². The summed E-state index contributed by atoms with van der Waals surface area (Å²) < 4.78 is 11.5. The minimum Gasteiger partial charge on any atom is -0.493 e. The lowest BCUT2D eigenvalue weighted by atomic mass is 9.75. The molecule has 35 heavy (non-hydrogen) atoms. The number of amides is 1. The molecule has 2 bridgehead atoms. The highest BCUT2D eigenvalue weighted by molar-refractivity contribution is 8.00. The Bertz CT molecular complexity index is 1320. The number of halogens is 1. The largest absolute Gasteiger partial charge is 0.493 e. The van der Waals surface area contributed by atoms with Crippen molar-refractivity contribution in [1.82, 2.24) is 4.98 Å². The molecule has 1 aromatic heterocycles. The van der Waals surface area contributed by atoms with Crippen molar-refractivity contribution in [2.45, 2.75) is 35.5 Å². The first-order valence-electron chi connectivity index (χ1n) is 11.8. The monoisotopic (exact) mass is 528 g/mol. The van der Waals surface area contributed by atoms with Gasteiger partial charge in [-0.05, 0) is 79.0 Å². The molecular formula is C26H25ClN2O4S2. The third kappa shape index (κ3) is 4.26. The number of fused-ring (bicyclic) bond motifs is 6. The van der Waals surface area contributed by atoms with Crippen LogP contribution in [0.2, 0.25) is 5.02 Å². The van der Waals surface area contributed by atoms with Crippen LogP contribution in [0, 0.1) is 17.8 Å². The number of nitrogens with one attached hydrogen (secondary N) is 2. The van der Waals surface area contributed by atoms with Gasteiger partial charge in [-0.15, -0.1) is 11.8 Å². The van der Waals surface area contributed by atoms with Crippen molar-refractivity contribution in [1.29, 1.82) is 0 Å². The third-order valence-corrected chi connectivity index (χ3v) is 10.4. The van der Waals surface area contributed by atoms with Gasteiger partial charge in [0.15, 0.2) is 18.1 Å². The molecule has 3 aliphatic rings. The van der Waals surface area contributed by atoms with Crippen molar-refractivity contribution >= 4 is 46.3 Å². The maximum atomic E-state index is 12.4. The van der Waals surface area contributed by atoms with E-state index in [9.17, 15) is 9.59 Å². The summed E-state index contributed by atoms with van der Waals surface area (Å²) in [7, 11) is 1.61. The number of ether oxygens (including phenoxy) is 2. The van der Waals surface area contributed by atoms with Crippen LogP contribution in [-0.4, -0.2) is 29.9 Å². The molecule has 2 aliphatic carbocycles. The van der Waals surface area contributed by atoms with Crippen LogP contribution in [0.25, 0.3) is 0 Å². The molecule has 0 saturated heterocycles. The zero-order valence-corrected chi connectivity index (χ0v) is 21.5. The molecular weight excluding hydrogens is 504 g/mol. The van der Waals surface area contributed by atoms with E-state index in [-0.39, 0.29) is 23.3 Å². The van der Waals surface area contributed by atoms with Gasteiger partial charge < -0.3 is 19.8 Å². The molecule has 0 radical (unpaired) electrons. The normalized spacial score (nSPS) is 26.2. The van der Waals surface area contributed by atoms with Crippen LogP contribution in [0.3, 0.4) is 0 Å². The van der Waals surface area contributed by atoms with E-state index >= 15 is 0 Å². The number of hydrogen-bond acceptors (Lipinski definition) is 6. The number of aromatic amines is 1. The number of methoxy groups -OCH3 is 1. The molecule has 6 nitrogen and oxygen atoms in total. The van der Waals surface area contributed by atoms with Crippen molar-refractivity contribution in [3.05, 3.63) is 67.6 Å². The van der Waals surface area contributed by atoms with Gasteiger partial charge in [-0.2, -0.15) is 0 Å². The minimum atomic E-state index is -0.269. The minimum absolute atomic E-state index is 0.0124. The average Bonchev–Trinajstić information content (AvgIpc) is 3.57. The third-order valence-electron chi connectivity index (χ3n) is 7.50. The fraction of sp³-hybridized carbons (Fsp3) is 0.385. The Labute approximate surface area is 216 Å². The Balaban J connectivity index is 1.24. The summed E-state index contributed by atoms with van der Waals surface area (Å²) in [5, 5.41) is 4.99. The first kappa shape index (κ1) is 23.0. The fourth-order valence-corrected chi connectivity index (χ4v) is 9.11.